The molecule has 0 unspecified atom stereocenters. The quantitative estimate of drug-likeness (QED) is 0.250. The maximum atomic E-state index is 6.02. The third-order valence-electron chi connectivity index (χ3n) is 6.65. The average molecular weight is 503 g/mol. The molecule has 0 amide bonds. The average Bonchev–Trinajstić information content (AvgIpc) is 3.55. The first-order valence-electron chi connectivity index (χ1n) is 12.3. The van der Waals surface area contributed by atoms with Gasteiger partial charge >= 0.3 is 0 Å². The van der Waals surface area contributed by atoms with Crippen LogP contribution in [0.3, 0.4) is 0 Å². The molecule has 0 saturated carbocycles. The molecule has 1 saturated heterocycles. The summed E-state index contributed by atoms with van der Waals surface area (Å²) >= 11 is 5.92. The number of aryl methyl sites for hydroxylation is 1. The summed E-state index contributed by atoms with van der Waals surface area (Å²) in [4.78, 5) is 6.87. The Hall–Kier alpha value is -4.42. The highest BCUT2D eigenvalue weighted by molar-refractivity contribution is 7.80. The zero-order chi connectivity index (χ0) is 25.2. The van der Waals surface area contributed by atoms with Crippen molar-refractivity contribution in [3.63, 3.8) is 0 Å². The van der Waals surface area contributed by atoms with Crippen LogP contribution in [-0.2, 0) is 0 Å². The third-order valence-corrected chi connectivity index (χ3v) is 6.96. The smallest absolute Gasteiger partial charge is 0.174 e. The predicted octanol–water partition coefficient (Wildman–Crippen LogP) is 7.15. The molecule has 6 heteroatoms. The van der Waals surface area contributed by atoms with Gasteiger partial charge in [-0.2, -0.15) is 0 Å². The molecule has 1 aliphatic rings. The van der Waals surface area contributed by atoms with Crippen LogP contribution in [-0.4, -0.2) is 14.7 Å². The predicted molar refractivity (Wildman–Crippen MR) is 151 cm³/mol. The van der Waals surface area contributed by atoms with E-state index in [-0.39, 0.29) is 12.1 Å². The Bertz CT molecular complexity index is 1520. The van der Waals surface area contributed by atoms with E-state index < -0.39 is 0 Å². The van der Waals surface area contributed by atoms with Crippen LogP contribution in [0.4, 0.5) is 5.69 Å². The number of nitrogens with zero attached hydrogens (tertiary/aromatic N) is 3. The third kappa shape index (κ3) is 4.47. The molecule has 3 heterocycles. The second-order valence-electron chi connectivity index (χ2n) is 9.00. The van der Waals surface area contributed by atoms with Crippen molar-refractivity contribution >= 4 is 23.0 Å². The minimum absolute atomic E-state index is 0.113. The van der Waals surface area contributed by atoms with Crippen molar-refractivity contribution in [2.75, 3.05) is 4.90 Å². The van der Waals surface area contributed by atoms with Crippen molar-refractivity contribution < 1.29 is 4.74 Å². The minimum Gasteiger partial charge on any atom is -0.457 e. The van der Waals surface area contributed by atoms with Crippen LogP contribution < -0.4 is 15.0 Å². The van der Waals surface area contributed by atoms with Crippen LogP contribution >= 0.6 is 12.2 Å². The summed E-state index contributed by atoms with van der Waals surface area (Å²) in [6, 6.07) is 36.3. The zero-order valence-corrected chi connectivity index (χ0v) is 21.2. The van der Waals surface area contributed by atoms with E-state index in [0.717, 1.165) is 34.3 Å². The maximum absolute atomic E-state index is 6.02. The summed E-state index contributed by atoms with van der Waals surface area (Å²) < 4.78 is 8.28. The van der Waals surface area contributed by atoms with Gasteiger partial charge < -0.3 is 19.5 Å². The lowest BCUT2D eigenvalue weighted by Gasteiger charge is -2.29. The largest absolute Gasteiger partial charge is 0.457 e. The molecule has 1 fully saturated rings. The van der Waals surface area contributed by atoms with Gasteiger partial charge in [-0.3, -0.25) is 4.98 Å². The first kappa shape index (κ1) is 23.0. The fourth-order valence-corrected chi connectivity index (χ4v) is 5.27. The second-order valence-corrected chi connectivity index (χ2v) is 9.38. The number of aromatic nitrogens is 2. The van der Waals surface area contributed by atoms with E-state index in [2.05, 4.69) is 87.5 Å². The van der Waals surface area contributed by atoms with Gasteiger partial charge in [0.15, 0.2) is 5.11 Å². The number of hydrogen-bond acceptors (Lipinski definition) is 3. The van der Waals surface area contributed by atoms with E-state index in [1.165, 1.54) is 5.56 Å². The van der Waals surface area contributed by atoms with Crippen molar-refractivity contribution in [1.82, 2.24) is 14.9 Å². The molecule has 182 valence electrons. The standard InChI is InChI=1S/C31H26N4OS/c1-22-10-5-6-14-27(22)34-21-9-15-28(34)30-29(26-13-7-8-20-32-26)33-31(37)35(30)23-16-18-25(19-17-23)36-24-11-3-2-4-12-24/h2-21,29-30H,1H3,(H,33,37)/t29-,30-/m1/s1. The van der Waals surface area contributed by atoms with Gasteiger partial charge in [0.05, 0.1) is 11.7 Å². The van der Waals surface area contributed by atoms with Crippen LogP contribution in [0.25, 0.3) is 5.69 Å². The van der Waals surface area contributed by atoms with Crippen molar-refractivity contribution in [1.29, 1.82) is 0 Å². The van der Waals surface area contributed by atoms with Gasteiger partial charge in [-0.15, -0.1) is 0 Å². The summed E-state index contributed by atoms with van der Waals surface area (Å²) in [5, 5.41) is 4.22. The van der Waals surface area contributed by atoms with Crippen LogP contribution in [0.2, 0.25) is 0 Å². The summed E-state index contributed by atoms with van der Waals surface area (Å²) in [5.41, 5.74) is 5.41. The normalized spacial score (nSPS) is 17.0. The number of thiocarbonyl (C=S) groups is 1. The molecule has 2 atom stereocenters. The van der Waals surface area contributed by atoms with Gasteiger partial charge in [0.1, 0.15) is 17.5 Å². The number of rotatable bonds is 6. The van der Waals surface area contributed by atoms with E-state index in [1.807, 2.05) is 60.8 Å². The molecule has 0 bridgehead atoms. The lowest BCUT2D eigenvalue weighted by molar-refractivity contribution is 0.482. The van der Waals surface area contributed by atoms with E-state index in [9.17, 15) is 0 Å². The highest BCUT2D eigenvalue weighted by Gasteiger charge is 2.42. The Morgan fingerprint density at radius 1 is 0.784 bits per heavy atom. The molecular weight excluding hydrogens is 476 g/mol. The van der Waals surface area contributed by atoms with E-state index in [4.69, 9.17) is 17.0 Å². The number of pyridine rings is 1. The molecule has 1 aliphatic heterocycles. The monoisotopic (exact) mass is 502 g/mol. The number of ether oxygens (including phenoxy) is 1. The van der Waals surface area contributed by atoms with Gasteiger partial charge in [0, 0.05) is 29.5 Å². The number of hydrogen-bond donors (Lipinski definition) is 1. The number of para-hydroxylation sites is 2. The van der Waals surface area contributed by atoms with E-state index in [0.29, 0.717) is 5.11 Å². The molecule has 0 radical (unpaired) electrons. The highest BCUT2D eigenvalue weighted by Crippen LogP contribution is 2.42. The zero-order valence-electron chi connectivity index (χ0n) is 20.4. The molecule has 2 aromatic heterocycles. The Balaban J connectivity index is 1.41. The Morgan fingerprint density at radius 3 is 2.27 bits per heavy atom. The topological polar surface area (TPSA) is 42.3 Å². The lowest BCUT2D eigenvalue weighted by Crippen LogP contribution is -2.30. The molecule has 1 N–H and O–H groups in total. The molecule has 5 aromatic rings. The lowest BCUT2D eigenvalue weighted by atomic mass is 10.0. The van der Waals surface area contributed by atoms with Crippen molar-refractivity contribution in [3.8, 4) is 17.2 Å². The molecule has 0 spiro atoms. The number of nitrogens with one attached hydrogen (secondary N) is 1. The van der Waals surface area contributed by atoms with Crippen molar-refractivity contribution in [3.05, 3.63) is 139 Å². The molecule has 5 nitrogen and oxygen atoms in total. The van der Waals surface area contributed by atoms with Gasteiger partial charge in [-0.1, -0.05) is 42.5 Å². The van der Waals surface area contributed by atoms with Crippen molar-refractivity contribution in [2.24, 2.45) is 0 Å². The summed E-state index contributed by atoms with van der Waals surface area (Å²) in [6.07, 6.45) is 3.94. The minimum atomic E-state index is -0.119. The summed E-state index contributed by atoms with van der Waals surface area (Å²) in [7, 11) is 0. The Kier molecular flexibility index (Phi) is 6.16. The fourth-order valence-electron chi connectivity index (χ4n) is 4.92. The first-order chi connectivity index (χ1) is 18.2. The van der Waals surface area contributed by atoms with E-state index >= 15 is 0 Å². The highest BCUT2D eigenvalue weighted by atomic mass is 32.1. The number of benzene rings is 3. The second kappa shape index (κ2) is 9.91. The molecule has 0 aliphatic carbocycles. The van der Waals surface area contributed by atoms with Crippen LogP contribution in [0.1, 0.15) is 29.0 Å². The van der Waals surface area contributed by atoms with Crippen LogP contribution in [0.5, 0.6) is 11.5 Å². The summed E-state index contributed by atoms with van der Waals surface area (Å²) in [6.45, 7) is 2.14. The maximum Gasteiger partial charge on any atom is 0.174 e. The van der Waals surface area contributed by atoms with Gasteiger partial charge in [-0.05, 0) is 91.4 Å². The van der Waals surface area contributed by atoms with Gasteiger partial charge in [-0.25, -0.2) is 0 Å². The van der Waals surface area contributed by atoms with Gasteiger partial charge in [0.2, 0.25) is 0 Å². The Labute approximate surface area is 222 Å². The molecular formula is C31H26N4OS. The van der Waals surface area contributed by atoms with Gasteiger partial charge in [0.25, 0.3) is 0 Å². The number of anilines is 1. The molecule has 37 heavy (non-hydrogen) atoms. The SMILES string of the molecule is Cc1ccccc1-n1cccc1[C@@H]1[C@@H](c2ccccn2)NC(=S)N1c1ccc(Oc2ccccc2)cc1. The van der Waals surface area contributed by atoms with Crippen molar-refractivity contribution in [2.45, 2.75) is 19.0 Å². The fraction of sp³-hybridized carbons (Fsp3) is 0.0968. The Morgan fingerprint density at radius 2 is 1.51 bits per heavy atom. The van der Waals surface area contributed by atoms with Crippen LogP contribution in [0, 0.1) is 6.92 Å². The molecule has 6 rings (SSSR count). The first-order valence-corrected chi connectivity index (χ1v) is 12.7. The van der Waals surface area contributed by atoms with E-state index in [1.54, 1.807) is 0 Å². The van der Waals surface area contributed by atoms with Crippen LogP contribution in [0.15, 0.2) is 122 Å². The summed E-state index contributed by atoms with van der Waals surface area (Å²) in [5.74, 6) is 1.58. The molecule has 3 aromatic carbocycles.